The highest BCUT2D eigenvalue weighted by atomic mass is 16.5. The first-order valence-electron chi connectivity index (χ1n) is 7.38. The number of carboxylic acids is 1. The highest BCUT2D eigenvalue weighted by Crippen LogP contribution is 2.21. The van der Waals surface area contributed by atoms with Gasteiger partial charge in [-0.25, -0.2) is 4.79 Å². The van der Waals surface area contributed by atoms with Crippen molar-refractivity contribution >= 4 is 11.9 Å². The molecule has 2 atom stereocenters. The topological polar surface area (TPSA) is 84.9 Å². The summed E-state index contributed by atoms with van der Waals surface area (Å²) in [4.78, 5) is 23.1. The van der Waals surface area contributed by atoms with Crippen LogP contribution in [0.15, 0.2) is 0 Å². The number of hydrogen-bond acceptors (Lipinski definition) is 4. The summed E-state index contributed by atoms with van der Waals surface area (Å²) in [5, 5.41) is 11.8. The van der Waals surface area contributed by atoms with Crippen LogP contribution in [0.4, 0.5) is 0 Å². The Balaban J connectivity index is 1.77. The number of hydrogen-bond donors (Lipinski definition) is 2. The van der Waals surface area contributed by atoms with Gasteiger partial charge in [0.15, 0.2) is 0 Å². The van der Waals surface area contributed by atoms with Crippen molar-refractivity contribution in [1.29, 1.82) is 0 Å². The molecule has 2 fully saturated rings. The van der Waals surface area contributed by atoms with E-state index in [0.717, 1.165) is 38.5 Å². The van der Waals surface area contributed by atoms with Crippen LogP contribution in [0.1, 0.15) is 38.5 Å². The van der Waals surface area contributed by atoms with Crippen molar-refractivity contribution in [2.75, 3.05) is 19.8 Å². The second kappa shape index (κ2) is 7.59. The SMILES string of the molecule is O=C(COC1CCCC1)NC(C(=O)O)C1CCCOC1. The van der Waals surface area contributed by atoms with E-state index in [4.69, 9.17) is 9.47 Å². The van der Waals surface area contributed by atoms with E-state index in [-0.39, 0.29) is 24.5 Å². The highest BCUT2D eigenvalue weighted by molar-refractivity contribution is 5.84. The van der Waals surface area contributed by atoms with Crippen LogP contribution in [-0.4, -0.2) is 48.9 Å². The van der Waals surface area contributed by atoms with Gasteiger partial charge in [0.2, 0.25) is 5.91 Å². The zero-order valence-electron chi connectivity index (χ0n) is 11.7. The number of aliphatic carboxylic acids is 1. The molecule has 1 heterocycles. The molecule has 0 spiro atoms. The molecule has 1 amide bonds. The number of amides is 1. The van der Waals surface area contributed by atoms with E-state index in [0.29, 0.717) is 13.2 Å². The zero-order valence-corrected chi connectivity index (χ0v) is 11.7. The lowest BCUT2D eigenvalue weighted by Crippen LogP contribution is -2.49. The van der Waals surface area contributed by atoms with Crippen LogP contribution in [0.5, 0.6) is 0 Å². The van der Waals surface area contributed by atoms with Gasteiger partial charge in [0.25, 0.3) is 0 Å². The number of rotatable bonds is 6. The Labute approximate surface area is 118 Å². The van der Waals surface area contributed by atoms with E-state index in [1.165, 1.54) is 0 Å². The van der Waals surface area contributed by atoms with Crippen LogP contribution in [0.2, 0.25) is 0 Å². The van der Waals surface area contributed by atoms with Crippen LogP contribution in [0, 0.1) is 5.92 Å². The van der Waals surface area contributed by atoms with Crippen molar-refractivity contribution in [3.8, 4) is 0 Å². The van der Waals surface area contributed by atoms with E-state index >= 15 is 0 Å². The van der Waals surface area contributed by atoms with Gasteiger partial charge in [0.1, 0.15) is 12.6 Å². The minimum Gasteiger partial charge on any atom is -0.480 e. The number of ether oxygens (including phenoxy) is 2. The Bertz CT molecular complexity index is 334. The molecule has 1 saturated heterocycles. The van der Waals surface area contributed by atoms with Gasteiger partial charge in [-0.05, 0) is 25.7 Å². The average molecular weight is 285 g/mol. The molecule has 0 aromatic heterocycles. The molecule has 6 heteroatoms. The molecule has 6 nitrogen and oxygen atoms in total. The summed E-state index contributed by atoms with van der Waals surface area (Å²) in [5.74, 6) is -1.51. The van der Waals surface area contributed by atoms with Gasteiger partial charge in [-0.1, -0.05) is 12.8 Å². The van der Waals surface area contributed by atoms with Crippen molar-refractivity contribution in [1.82, 2.24) is 5.32 Å². The van der Waals surface area contributed by atoms with Crippen molar-refractivity contribution < 1.29 is 24.2 Å². The van der Waals surface area contributed by atoms with Crippen LogP contribution in [-0.2, 0) is 19.1 Å². The maximum absolute atomic E-state index is 11.8. The molecule has 0 bridgehead atoms. The van der Waals surface area contributed by atoms with Gasteiger partial charge in [0.05, 0.1) is 12.7 Å². The Morgan fingerprint density at radius 1 is 1.25 bits per heavy atom. The fourth-order valence-corrected chi connectivity index (χ4v) is 2.87. The maximum Gasteiger partial charge on any atom is 0.326 e. The molecular formula is C14H23NO5. The lowest BCUT2D eigenvalue weighted by molar-refractivity contribution is -0.146. The normalized spacial score (nSPS) is 25.3. The van der Waals surface area contributed by atoms with Crippen LogP contribution in [0.25, 0.3) is 0 Å². The van der Waals surface area contributed by atoms with Crippen molar-refractivity contribution in [3.63, 3.8) is 0 Å². The maximum atomic E-state index is 11.8. The first-order valence-corrected chi connectivity index (χ1v) is 7.38. The van der Waals surface area contributed by atoms with Crippen LogP contribution in [0.3, 0.4) is 0 Å². The third kappa shape index (κ3) is 4.45. The summed E-state index contributed by atoms with van der Waals surface area (Å²) >= 11 is 0. The molecule has 114 valence electrons. The minimum absolute atomic E-state index is 0.0535. The second-order valence-corrected chi connectivity index (χ2v) is 5.58. The Kier molecular flexibility index (Phi) is 5.79. The molecule has 0 aromatic carbocycles. The Hall–Kier alpha value is -1.14. The smallest absolute Gasteiger partial charge is 0.326 e. The summed E-state index contributed by atoms with van der Waals surface area (Å²) in [5.41, 5.74) is 0. The predicted octanol–water partition coefficient (Wildman–Crippen LogP) is 0.942. The van der Waals surface area contributed by atoms with Crippen LogP contribution >= 0.6 is 0 Å². The fraction of sp³-hybridized carbons (Fsp3) is 0.857. The lowest BCUT2D eigenvalue weighted by atomic mass is 9.93. The van der Waals surface area contributed by atoms with Crippen LogP contribution < -0.4 is 5.32 Å². The molecule has 0 radical (unpaired) electrons. The molecule has 1 saturated carbocycles. The molecule has 2 N–H and O–H groups in total. The Morgan fingerprint density at radius 2 is 2.00 bits per heavy atom. The van der Waals surface area contributed by atoms with E-state index in [1.807, 2.05) is 0 Å². The monoisotopic (exact) mass is 285 g/mol. The van der Waals surface area contributed by atoms with E-state index in [1.54, 1.807) is 0 Å². The summed E-state index contributed by atoms with van der Waals surface area (Å²) in [6.45, 7) is 1.00. The predicted molar refractivity (Wildman–Crippen MR) is 71.3 cm³/mol. The summed E-state index contributed by atoms with van der Waals surface area (Å²) in [6, 6.07) is -0.880. The number of nitrogens with one attached hydrogen (secondary N) is 1. The number of carboxylic acid groups (broad SMARTS) is 1. The van der Waals surface area contributed by atoms with Gasteiger partial charge in [0, 0.05) is 12.5 Å². The molecule has 1 aliphatic carbocycles. The summed E-state index contributed by atoms with van der Waals surface area (Å²) in [6.07, 6.45) is 6.02. The molecule has 0 aromatic rings. The van der Waals surface area contributed by atoms with Gasteiger partial charge in [-0.15, -0.1) is 0 Å². The second-order valence-electron chi connectivity index (χ2n) is 5.58. The van der Waals surface area contributed by atoms with Gasteiger partial charge >= 0.3 is 5.97 Å². The third-order valence-corrected chi connectivity index (χ3v) is 4.00. The molecule has 2 rings (SSSR count). The van der Waals surface area contributed by atoms with Gasteiger partial charge in [-0.3, -0.25) is 4.79 Å². The van der Waals surface area contributed by atoms with Crippen molar-refractivity contribution in [2.45, 2.75) is 50.7 Å². The van der Waals surface area contributed by atoms with E-state index < -0.39 is 12.0 Å². The van der Waals surface area contributed by atoms with Crippen molar-refractivity contribution in [3.05, 3.63) is 0 Å². The van der Waals surface area contributed by atoms with Crippen molar-refractivity contribution in [2.24, 2.45) is 5.92 Å². The van der Waals surface area contributed by atoms with E-state index in [2.05, 4.69) is 5.32 Å². The van der Waals surface area contributed by atoms with Gasteiger partial charge < -0.3 is 19.9 Å². The average Bonchev–Trinajstić information content (AvgIpc) is 2.96. The molecule has 20 heavy (non-hydrogen) atoms. The molecular weight excluding hydrogens is 262 g/mol. The first-order chi connectivity index (χ1) is 9.66. The zero-order chi connectivity index (χ0) is 14.4. The number of carbonyl (C=O) groups is 2. The highest BCUT2D eigenvalue weighted by Gasteiger charge is 2.31. The Morgan fingerprint density at radius 3 is 2.60 bits per heavy atom. The minimum atomic E-state index is -1.00. The molecule has 1 aliphatic heterocycles. The van der Waals surface area contributed by atoms with E-state index in [9.17, 15) is 14.7 Å². The number of carbonyl (C=O) groups excluding carboxylic acids is 1. The summed E-state index contributed by atoms with van der Waals surface area (Å²) < 4.78 is 10.8. The van der Waals surface area contributed by atoms with Gasteiger partial charge in [-0.2, -0.15) is 0 Å². The molecule has 2 aliphatic rings. The first kappa shape index (κ1) is 15.3. The lowest BCUT2D eigenvalue weighted by Gasteiger charge is -2.28. The summed E-state index contributed by atoms with van der Waals surface area (Å²) in [7, 11) is 0. The standard InChI is InChI=1S/C14H23NO5/c16-12(9-20-11-5-1-2-6-11)15-13(14(17)18)10-4-3-7-19-8-10/h10-11,13H,1-9H2,(H,15,16)(H,17,18). The fourth-order valence-electron chi connectivity index (χ4n) is 2.87. The quantitative estimate of drug-likeness (QED) is 0.758. The molecule has 2 unspecified atom stereocenters. The largest absolute Gasteiger partial charge is 0.480 e. The third-order valence-electron chi connectivity index (χ3n) is 4.00.